The molecular formula is C14H26N2O3. The first-order valence-corrected chi connectivity index (χ1v) is 7.13. The fourth-order valence-corrected chi connectivity index (χ4v) is 2.53. The molecule has 1 amide bonds. The van der Waals surface area contributed by atoms with Gasteiger partial charge < -0.3 is 15.0 Å². The average Bonchev–Trinajstić information content (AvgIpc) is 2.38. The number of likely N-dealkylation sites (N-methyl/N-ethyl adjacent to an activating group) is 1. The van der Waals surface area contributed by atoms with Crippen LogP contribution in [-0.2, 0) is 14.3 Å². The summed E-state index contributed by atoms with van der Waals surface area (Å²) in [7, 11) is 0. The molecule has 19 heavy (non-hydrogen) atoms. The molecule has 0 radical (unpaired) electrons. The fraction of sp³-hybridized carbons (Fsp3) is 0.857. The van der Waals surface area contributed by atoms with Crippen molar-refractivity contribution in [3.8, 4) is 0 Å². The van der Waals surface area contributed by atoms with Gasteiger partial charge in [0.25, 0.3) is 0 Å². The second kappa shape index (κ2) is 6.89. The second-order valence-electron chi connectivity index (χ2n) is 5.50. The highest BCUT2D eigenvalue weighted by Gasteiger charge is 2.35. The quantitative estimate of drug-likeness (QED) is 0.762. The van der Waals surface area contributed by atoms with Gasteiger partial charge in [0.1, 0.15) is 0 Å². The Balaban J connectivity index is 2.64. The first kappa shape index (κ1) is 16.0. The number of amides is 1. The maximum absolute atomic E-state index is 12.4. The van der Waals surface area contributed by atoms with Gasteiger partial charge in [-0.2, -0.15) is 0 Å². The third kappa shape index (κ3) is 4.20. The molecule has 1 aliphatic heterocycles. The molecule has 1 aliphatic rings. The van der Waals surface area contributed by atoms with Crippen molar-refractivity contribution in [2.45, 2.75) is 46.1 Å². The molecule has 0 bridgehead atoms. The molecule has 1 saturated heterocycles. The van der Waals surface area contributed by atoms with Gasteiger partial charge in [-0.25, -0.2) is 0 Å². The smallest absolute Gasteiger partial charge is 0.310 e. The lowest BCUT2D eigenvalue weighted by atomic mass is 9.95. The molecule has 0 saturated carbocycles. The van der Waals surface area contributed by atoms with Crippen LogP contribution in [0.3, 0.4) is 0 Å². The molecule has 1 rings (SSSR count). The molecule has 1 heterocycles. The van der Waals surface area contributed by atoms with E-state index in [1.54, 1.807) is 11.8 Å². The lowest BCUT2D eigenvalue weighted by molar-refractivity contribution is -0.152. The Morgan fingerprint density at radius 3 is 2.63 bits per heavy atom. The maximum atomic E-state index is 12.4. The number of hydrogen-bond acceptors (Lipinski definition) is 4. The number of piperidine rings is 1. The Bertz CT molecular complexity index is 329. The van der Waals surface area contributed by atoms with E-state index >= 15 is 0 Å². The van der Waals surface area contributed by atoms with Crippen LogP contribution in [0.5, 0.6) is 0 Å². The van der Waals surface area contributed by atoms with Crippen LogP contribution in [-0.4, -0.2) is 48.6 Å². The molecule has 1 N–H and O–H groups in total. The lowest BCUT2D eigenvalue weighted by Crippen LogP contribution is -2.56. The van der Waals surface area contributed by atoms with Crippen LogP contribution in [0.4, 0.5) is 0 Å². The first-order chi connectivity index (χ1) is 8.92. The molecule has 0 spiro atoms. The van der Waals surface area contributed by atoms with Crippen LogP contribution in [0.1, 0.15) is 40.5 Å². The van der Waals surface area contributed by atoms with Gasteiger partial charge in [-0.05, 0) is 40.2 Å². The van der Waals surface area contributed by atoms with E-state index in [9.17, 15) is 9.59 Å². The Hall–Kier alpha value is -1.10. The number of ether oxygens (including phenoxy) is 1. The molecule has 1 fully saturated rings. The first-order valence-electron chi connectivity index (χ1n) is 7.13. The number of hydrogen-bond donors (Lipinski definition) is 1. The second-order valence-corrected chi connectivity index (χ2v) is 5.50. The van der Waals surface area contributed by atoms with E-state index in [-0.39, 0.29) is 17.8 Å². The summed E-state index contributed by atoms with van der Waals surface area (Å²) < 4.78 is 5.05. The number of nitrogens with one attached hydrogen (secondary N) is 1. The van der Waals surface area contributed by atoms with Gasteiger partial charge in [-0.15, -0.1) is 0 Å². The monoisotopic (exact) mass is 270 g/mol. The highest BCUT2D eigenvalue weighted by Crippen LogP contribution is 2.20. The van der Waals surface area contributed by atoms with Gasteiger partial charge in [0.15, 0.2) is 0 Å². The van der Waals surface area contributed by atoms with Gasteiger partial charge >= 0.3 is 5.97 Å². The normalized spacial score (nSPS) is 20.2. The molecule has 0 aromatic rings. The van der Waals surface area contributed by atoms with Crippen molar-refractivity contribution >= 4 is 11.9 Å². The van der Waals surface area contributed by atoms with Crippen molar-refractivity contribution in [1.82, 2.24) is 10.2 Å². The van der Waals surface area contributed by atoms with Crippen LogP contribution in [0.15, 0.2) is 0 Å². The summed E-state index contributed by atoms with van der Waals surface area (Å²) in [6.45, 7) is 9.89. The van der Waals surface area contributed by atoms with Crippen LogP contribution in [0.25, 0.3) is 0 Å². The van der Waals surface area contributed by atoms with E-state index in [2.05, 4.69) is 5.32 Å². The summed E-state index contributed by atoms with van der Waals surface area (Å²) in [5.41, 5.74) is -0.578. The van der Waals surface area contributed by atoms with Gasteiger partial charge in [-0.1, -0.05) is 6.92 Å². The minimum Gasteiger partial charge on any atom is -0.466 e. The van der Waals surface area contributed by atoms with Crippen molar-refractivity contribution in [3.05, 3.63) is 0 Å². The topological polar surface area (TPSA) is 58.6 Å². The average molecular weight is 270 g/mol. The molecule has 5 heteroatoms. The van der Waals surface area contributed by atoms with Crippen LogP contribution >= 0.6 is 0 Å². The number of carbonyl (C=O) groups is 2. The summed E-state index contributed by atoms with van der Waals surface area (Å²) in [5, 5.41) is 3.18. The zero-order chi connectivity index (χ0) is 14.5. The minimum absolute atomic E-state index is 0.0587. The number of carbonyl (C=O) groups excluding carboxylic acids is 2. The van der Waals surface area contributed by atoms with Gasteiger partial charge in [0.2, 0.25) is 5.91 Å². The maximum Gasteiger partial charge on any atom is 0.310 e. The number of rotatable bonds is 5. The number of esters is 1. The third-order valence-electron chi connectivity index (χ3n) is 3.48. The fourth-order valence-electron chi connectivity index (χ4n) is 2.53. The van der Waals surface area contributed by atoms with Gasteiger partial charge in [-0.3, -0.25) is 9.59 Å². The largest absolute Gasteiger partial charge is 0.466 e. The Morgan fingerprint density at radius 2 is 2.05 bits per heavy atom. The highest BCUT2D eigenvalue weighted by atomic mass is 16.5. The zero-order valence-corrected chi connectivity index (χ0v) is 12.5. The molecule has 0 aromatic carbocycles. The summed E-state index contributed by atoms with van der Waals surface area (Å²) >= 11 is 0. The van der Waals surface area contributed by atoms with E-state index in [4.69, 9.17) is 4.74 Å². The molecule has 1 unspecified atom stereocenters. The van der Waals surface area contributed by atoms with Gasteiger partial charge in [0.05, 0.1) is 18.1 Å². The lowest BCUT2D eigenvalue weighted by Gasteiger charge is -2.37. The minimum atomic E-state index is -0.578. The summed E-state index contributed by atoms with van der Waals surface area (Å²) in [4.78, 5) is 26.0. The van der Waals surface area contributed by atoms with Crippen LogP contribution in [0, 0.1) is 5.92 Å². The van der Waals surface area contributed by atoms with Crippen LogP contribution < -0.4 is 5.32 Å². The molecule has 110 valence electrons. The van der Waals surface area contributed by atoms with Crippen molar-refractivity contribution in [2.24, 2.45) is 5.92 Å². The molecular weight excluding hydrogens is 244 g/mol. The molecule has 5 nitrogen and oxygen atoms in total. The number of nitrogens with zero attached hydrogens (tertiary/aromatic N) is 1. The van der Waals surface area contributed by atoms with Crippen molar-refractivity contribution in [2.75, 3.05) is 26.2 Å². The SMILES string of the molecule is CCNC(C)(C)C(=O)N1CCCC(C(=O)OCC)C1. The van der Waals surface area contributed by atoms with Gasteiger partial charge in [0, 0.05) is 13.1 Å². The standard InChI is InChI=1S/C14H26N2O3/c1-5-15-14(3,4)13(18)16-9-7-8-11(10-16)12(17)19-6-2/h11,15H,5-10H2,1-4H3. The molecule has 1 atom stereocenters. The van der Waals surface area contributed by atoms with Crippen LogP contribution in [0.2, 0.25) is 0 Å². The zero-order valence-electron chi connectivity index (χ0n) is 12.5. The molecule has 0 aliphatic carbocycles. The molecule has 0 aromatic heterocycles. The Labute approximate surface area is 115 Å². The summed E-state index contributed by atoms with van der Waals surface area (Å²) in [6, 6.07) is 0. The summed E-state index contributed by atoms with van der Waals surface area (Å²) in [6.07, 6.45) is 1.67. The van der Waals surface area contributed by atoms with Crippen molar-refractivity contribution in [3.63, 3.8) is 0 Å². The Morgan fingerprint density at radius 1 is 1.37 bits per heavy atom. The summed E-state index contributed by atoms with van der Waals surface area (Å²) in [5.74, 6) is -0.292. The van der Waals surface area contributed by atoms with E-state index in [0.29, 0.717) is 13.2 Å². The predicted molar refractivity (Wildman–Crippen MR) is 73.7 cm³/mol. The Kier molecular flexibility index (Phi) is 5.79. The van der Waals surface area contributed by atoms with Crippen molar-refractivity contribution < 1.29 is 14.3 Å². The van der Waals surface area contributed by atoms with E-state index < -0.39 is 5.54 Å². The highest BCUT2D eigenvalue weighted by molar-refractivity contribution is 5.86. The van der Waals surface area contributed by atoms with E-state index in [1.165, 1.54) is 0 Å². The van der Waals surface area contributed by atoms with Crippen molar-refractivity contribution in [1.29, 1.82) is 0 Å². The third-order valence-corrected chi connectivity index (χ3v) is 3.48. The number of likely N-dealkylation sites (tertiary alicyclic amines) is 1. The van der Waals surface area contributed by atoms with E-state index in [1.807, 2.05) is 20.8 Å². The predicted octanol–water partition coefficient (Wildman–Crippen LogP) is 1.18. The van der Waals surface area contributed by atoms with E-state index in [0.717, 1.165) is 25.9 Å².